The molecular formula is C24H39NO4SSi. The van der Waals surface area contributed by atoms with E-state index in [2.05, 4.69) is 19.9 Å². The topological polar surface area (TPSA) is 66.8 Å². The molecule has 0 spiro atoms. The monoisotopic (exact) mass is 465 g/mol. The maximum Gasteiger partial charge on any atom is 0.381 e. The van der Waals surface area contributed by atoms with E-state index in [-0.39, 0.29) is 0 Å². The number of nitrogens with zero attached hydrogens (tertiary/aromatic N) is 1. The maximum absolute atomic E-state index is 12.2. The van der Waals surface area contributed by atoms with Crippen molar-refractivity contribution in [1.29, 1.82) is 0 Å². The predicted octanol–water partition coefficient (Wildman–Crippen LogP) is 6.48. The quantitative estimate of drug-likeness (QED) is 0.284. The van der Waals surface area contributed by atoms with Gasteiger partial charge in [-0.1, -0.05) is 39.2 Å². The molecule has 0 heterocycles. The highest BCUT2D eigenvalue weighted by atomic mass is 32.2. The Hall–Kier alpha value is -0.893. The highest BCUT2D eigenvalue weighted by Gasteiger charge is 2.50. The second kappa shape index (κ2) is 8.47. The summed E-state index contributed by atoms with van der Waals surface area (Å²) in [5.41, 5.74) is 3.58. The Morgan fingerprint density at radius 2 is 2.00 bits per heavy atom. The van der Waals surface area contributed by atoms with Crippen molar-refractivity contribution in [2.24, 2.45) is 17.3 Å². The number of anilines is 1. The average molecular weight is 466 g/mol. The molecule has 2 fully saturated rings. The van der Waals surface area contributed by atoms with E-state index in [9.17, 15) is 13.0 Å². The smallest absolute Gasteiger partial charge is 0.305 e. The van der Waals surface area contributed by atoms with Crippen LogP contribution < -0.4 is 4.47 Å². The summed E-state index contributed by atoms with van der Waals surface area (Å²) < 4.78 is 41.2. The summed E-state index contributed by atoms with van der Waals surface area (Å²) in [6, 6.07) is 6.75. The van der Waals surface area contributed by atoms with Crippen LogP contribution in [0.3, 0.4) is 0 Å². The molecule has 3 aliphatic rings. The Morgan fingerprint density at radius 3 is 2.71 bits per heavy atom. The van der Waals surface area contributed by atoms with Crippen molar-refractivity contribution in [3.05, 3.63) is 29.3 Å². The van der Waals surface area contributed by atoms with Gasteiger partial charge in [0.1, 0.15) is 0 Å². The SMILES string of the molecule is CCCC[Si](C)(C)ON(c1ccc2c(c1)CCC1C2CC[C@]2(C)CCCC12)S(=O)(=O)O. The summed E-state index contributed by atoms with van der Waals surface area (Å²) in [6.45, 7) is 8.63. The largest absolute Gasteiger partial charge is 0.381 e. The summed E-state index contributed by atoms with van der Waals surface area (Å²) in [4.78, 5) is 0. The first-order chi connectivity index (χ1) is 14.5. The standard InChI is InChI=1S/C24H39NO4SSi/c1-5-6-16-31(3,4)29-25(30(26,27)28)19-10-12-20-18(17-19)9-11-22-21(20)13-15-24(2)14-7-8-23(22)24/h10,12,17,21-23H,5-9,11,13-16H2,1-4H3,(H,26,27,28)/t21?,22?,23?,24-/m0/s1. The normalized spacial score (nSPS) is 30.4. The van der Waals surface area contributed by atoms with Gasteiger partial charge >= 0.3 is 10.3 Å². The minimum absolute atomic E-state index is 0.429. The summed E-state index contributed by atoms with van der Waals surface area (Å²) in [5.74, 6) is 2.18. The van der Waals surface area contributed by atoms with Gasteiger partial charge in [-0.3, -0.25) is 4.55 Å². The molecule has 3 aliphatic carbocycles. The molecule has 0 aliphatic heterocycles. The molecule has 7 heteroatoms. The zero-order chi connectivity index (χ0) is 22.4. The van der Waals surface area contributed by atoms with Crippen LogP contribution in [0.2, 0.25) is 19.1 Å². The molecule has 0 amide bonds. The zero-order valence-corrected chi connectivity index (χ0v) is 21.4. The summed E-state index contributed by atoms with van der Waals surface area (Å²) in [7, 11) is -6.78. The van der Waals surface area contributed by atoms with E-state index in [1.165, 1.54) is 49.7 Å². The highest BCUT2D eigenvalue weighted by molar-refractivity contribution is 7.87. The maximum atomic E-state index is 12.2. The number of unbranched alkanes of at least 4 members (excludes halogenated alkanes) is 1. The molecule has 1 aromatic rings. The molecule has 1 aromatic carbocycles. The fourth-order valence-corrected chi connectivity index (χ4v) is 9.99. The van der Waals surface area contributed by atoms with Crippen LogP contribution in [0.25, 0.3) is 0 Å². The lowest BCUT2D eigenvalue weighted by Crippen LogP contribution is -2.43. The Kier molecular flexibility index (Phi) is 6.36. The lowest BCUT2D eigenvalue weighted by atomic mass is 9.56. The number of benzene rings is 1. The molecule has 3 unspecified atom stereocenters. The van der Waals surface area contributed by atoms with E-state index in [1.807, 2.05) is 25.2 Å². The third kappa shape index (κ3) is 4.61. The number of rotatable bonds is 7. The summed E-state index contributed by atoms with van der Waals surface area (Å²) in [6.07, 6.45) is 10.8. The molecular weight excluding hydrogens is 426 g/mol. The number of hydrogen-bond donors (Lipinski definition) is 1. The molecule has 1 N–H and O–H groups in total. The lowest BCUT2D eigenvalue weighted by Gasteiger charge is -2.49. The van der Waals surface area contributed by atoms with Gasteiger partial charge in [-0.15, -0.1) is 4.47 Å². The molecule has 4 atom stereocenters. The van der Waals surface area contributed by atoms with Crippen molar-refractivity contribution >= 4 is 24.3 Å². The first-order valence-electron chi connectivity index (χ1n) is 12.1. The van der Waals surface area contributed by atoms with E-state index in [4.69, 9.17) is 4.53 Å². The lowest BCUT2D eigenvalue weighted by molar-refractivity contribution is 0.0598. The Balaban J connectivity index is 1.60. The van der Waals surface area contributed by atoms with Crippen LogP contribution in [0.15, 0.2) is 18.2 Å². The Labute approximate surface area is 189 Å². The zero-order valence-electron chi connectivity index (χ0n) is 19.6. The van der Waals surface area contributed by atoms with Gasteiger partial charge in [0.2, 0.25) is 8.32 Å². The molecule has 0 radical (unpaired) electrons. The van der Waals surface area contributed by atoms with Crippen molar-refractivity contribution in [2.45, 2.75) is 96.7 Å². The van der Waals surface area contributed by atoms with Crippen LogP contribution in [0, 0.1) is 17.3 Å². The van der Waals surface area contributed by atoms with Crippen molar-refractivity contribution < 1.29 is 17.5 Å². The summed E-state index contributed by atoms with van der Waals surface area (Å²) >= 11 is 0. The van der Waals surface area contributed by atoms with Gasteiger partial charge in [-0.25, -0.2) is 0 Å². The van der Waals surface area contributed by atoms with E-state index in [0.717, 1.165) is 41.6 Å². The fourth-order valence-electron chi connectivity index (χ4n) is 6.78. The third-order valence-corrected chi connectivity index (χ3v) is 11.4. The van der Waals surface area contributed by atoms with E-state index in [1.54, 1.807) is 0 Å². The fraction of sp³-hybridized carbons (Fsp3) is 0.750. The Bertz CT molecular complexity index is 918. The Morgan fingerprint density at radius 1 is 1.23 bits per heavy atom. The minimum Gasteiger partial charge on any atom is -0.305 e. The van der Waals surface area contributed by atoms with E-state index >= 15 is 0 Å². The van der Waals surface area contributed by atoms with Crippen LogP contribution in [0.1, 0.15) is 82.3 Å². The predicted molar refractivity (Wildman–Crippen MR) is 128 cm³/mol. The van der Waals surface area contributed by atoms with Gasteiger partial charge < -0.3 is 4.53 Å². The highest BCUT2D eigenvalue weighted by Crippen LogP contribution is 2.60. The minimum atomic E-state index is -4.50. The van der Waals surface area contributed by atoms with Gasteiger partial charge in [0.25, 0.3) is 0 Å². The van der Waals surface area contributed by atoms with Crippen molar-refractivity contribution in [3.8, 4) is 0 Å². The second-order valence-electron chi connectivity index (χ2n) is 11.0. The molecule has 0 saturated heterocycles. The third-order valence-electron chi connectivity index (χ3n) is 8.37. The second-order valence-corrected chi connectivity index (χ2v) is 16.5. The average Bonchev–Trinajstić information content (AvgIpc) is 3.11. The summed E-state index contributed by atoms with van der Waals surface area (Å²) in [5, 5.41) is 0. The van der Waals surface area contributed by atoms with E-state index < -0.39 is 18.6 Å². The first kappa shape index (κ1) is 23.3. The van der Waals surface area contributed by atoms with Gasteiger partial charge in [0.15, 0.2) is 0 Å². The molecule has 5 nitrogen and oxygen atoms in total. The first-order valence-corrected chi connectivity index (χ1v) is 16.6. The van der Waals surface area contributed by atoms with Gasteiger partial charge in [-0.05, 0) is 104 Å². The molecule has 31 heavy (non-hydrogen) atoms. The number of aryl methyl sites for hydroxylation is 1. The van der Waals surface area contributed by atoms with Gasteiger partial charge in [-0.2, -0.15) is 8.42 Å². The molecule has 2 saturated carbocycles. The molecule has 0 aromatic heterocycles. The molecule has 4 rings (SSSR count). The number of hydrogen-bond acceptors (Lipinski definition) is 3. The van der Waals surface area contributed by atoms with Crippen molar-refractivity contribution in [2.75, 3.05) is 4.47 Å². The number of fused-ring (bicyclic) bond motifs is 5. The van der Waals surface area contributed by atoms with Crippen molar-refractivity contribution in [3.63, 3.8) is 0 Å². The van der Waals surface area contributed by atoms with Crippen LogP contribution in [-0.2, 0) is 21.3 Å². The van der Waals surface area contributed by atoms with Crippen LogP contribution in [0.5, 0.6) is 0 Å². The molecule has 174 valence electrons. The van der Waals surface area contributed by atoms with E-state index in [0.29, 0.717) is 17.0 Å². The van der Waals surface area contributed by atoms with Crippen LogP contribution in [0.4, 0.5) is 5.69 Å². The van der Waals surface area contributed by atoms with Gasteiger partial charge in [0.05, 0.1) is 5.69 Å². The van der Waals surface area contributed by atoms with Gasteiger partial charge in [0, 0.05) is 0 Å². The molecule has 0 bridgehead atoms. The van der Waals surface area contributed by atoms with Crippen LogP contribution in [-0.4, -0.2) is 21.3 Å². The van der Waals surface area contributed by atoms with Crippen molar-refractivity contribution in [1.82, 2.24) is 0 Å². The van der Waals surface area contributed by atoms with Crippen LogP contribution >= 0.6 is 0 Å².